The van der Waals surface area contributed by atoms with Crippen LogP contribution in [0.1, 0.15) is 15.9 Å². The molecule has 206 valence electrons. The van der Waals surface area contributed by atoms with Crippen LogP contribution in [-0.2, 0) is 11.3 Å². The van der Waals surface area contributed by atoms with Crippen LogP contribution < -0.4 is 15.8 Å². The number of aromatic nitrogens is 2. The largest absolute Gasteiger partial charge is 0.506 e. The second kappa shape index (κ2) is 12.1. The zero-order valence-corrected chi connectivity index (χ0v) is 22.4. The molecule has 2 aliphatic rings. The molecule has 0 atom stereocenters. The molecule has 0 radical (unpaired) electrons. The summed E-state index contributed by atoms with van der Waals surface area (Å²) in [5.41, 5.74) is 7.77. The van der Waals surface area contributed by atoms with Gasteiger partial charge in [-0.3, -0.25) is 20.5 Å². The standard InChI is InChI=1S/C27H31ClFN7O3/c1-34-6-8-35(9-7-34)17-18-2-4-19(5-3-18)20-14-21(24(37)22(28)15-20)26(38)32-33-27-30-16-23(29)25(31-27)36-10-12-39-13-11-36/h2-5,14-16,37H,6-13,17H2,1H3,(H,32,38)(H,30,31,33). The third-order valence-corrected chi connectivity index (χ3v) is 7.21. The Morgan fingerprint density at radius 1 is 1.08 bits per heavy atom. The van der Waals surface area contributed by atoms with E-state index in [4.69, 9.17) is 16.3 Å². The van der Waals surface area contributed by atoms with Gasteiger partial charge in [0.2, 0.25) is 5.95 Å². The summed E-state index contributed by atoms with van der Waals surface area (Å²) < 4.78 is 19.6. The number of carbonyl (C=O) groups excluding carboxylic acids is 1. The van der Waals surface area contributed by atoms with Gasteiger partial charge in [0.15, 0.2) is 11.6 Å². The number of nitrogens with one attached hydrogen (secondary N) is 2. The summed E-state index contributed by atoms with van der Waals surface area (Å²) in [4.78, 5) is 27.5. The molecule has 0 unspecified atom stereocenters. The number of carbonyl (C=O) groups is 1. The highest BCUT2D eigenvalue weighted by Crippen LogP contribution is 2.34. The molecule has 2 aromatic carbocycles. The SMILES string of the molecule is CN1CCN(Cc2ccc(-c3cc(Cl)c(O)c(C(=O)NNc4ncc(F)c(N5CCOCC5)n4)c3)cc2)CC1. The van der Waals surface area contributed by atoms with Crippen molar-refractivity contribution in [3.63, 3.8) is 0 Å². The van der Waals surface area contributed by atoms with Crippen LogP contribution in [0.2, 0.25) is 5.02 Å². The maximum atomic E-state index is 14.3. The van der Waals surface area contributed by atoms with Crippen LogP contribution in [0.5, 0.6) is 5.75 Å². The first-order chi connectivity index (χ1) is 18.9. The van der Waals surface area contributed by atoms with Gasteiger partial charge in [-0.2, -0.15) is 4.98 Å². The smallest absolute Gasteiger partial charge is 0.273 e. The summed E-state index contributed by atoms with van der Waals surface area (Å²) in [5.74, 6) is -1.44. The number of rotatable bonds is 7. The van der Waals surface area contributed by atoms with Gasteiger partial charge in [0.05, 0.1) is 30.0 Å². The first-order valence-electron chi connectivity index (χ1n) is 12.8. The van der Waals surface area contributed by atoms with E-state index >= 15 is 0 Å². The molecule has 2 aliphatic heterocycles. The van der Waals surface area contributed by atoms with Gasteiger partial charge in [-0.25, -0.2) is 9.37 Å². The molecule has 0 bridgehead atoms. The number of phenols is 1. The fourth-order valence-electron chi connectivity index (χ4n) is 4.60. The molecule has 3 aromatic rings. The van der Waals surface area contributed by atoms with E-state index in [-0.39, 0.29) is 28.1 Å². The predicted octanol–water partition coefficient (Wildman–Crippen LogP) is 2.98. The molecule has 2 fully saturated rings. The van der Waals surface area contributed by atoms with Gasteiger partial charge in [0.25, 0.3) is 5.91 Å². The van der Waals surface area contributed by atoms with Crippen molar-refractivity contribution in [3.8, 4) is 16.9 Å². The number of ether oxygens (including phenoxy) is 1. The molecule has 10 nitrogen and oxygen atoms in total. The lowest BCUT2D eigenvalue weighted by molar-refractivity contribution is 0.0959. The number of anilines is 2. The van der Waals surface area contributed by atoms with Crippen molar-refractivity contribution in [1.82, 2.24) is 25.2 Å². The van der Waals surface area contributed by atoms with E-state index in [1.165, 1.54) is 5.56 Å². The lowest BCUT2D eigenvalue weighted by Crippen LogP contribution is -2.43. The summed E-state index contributed by atoms with van der Waals surface area (Å²) in [6, 6.07) is 11.3. The average molecular weight is 556 g/mol. The van der Waals surface area contributed by atoms with E-state index in [0.29, 0.717) is 31.9 Å². The zero-order chi connectivity index (χ0) is 27.4. The highest BCUT2D eigenvalue weighted by molar-refractivity contribution is 6.33. The fourth-order valence-corrected chi connectivity index (χ4v) is 4.82. The van der Waals surface area contributed by atoms with E-state index in [1.807, 2.05) is 12.1 Å². The fraction of sp³-hybridized carbons (Fsp3) is 0.370. The molecule has 3 N–H and O–H groups in total. The van der Waals surface area contributed by atoms with Crippen molar-refractivity contribution in [1.29, 1.82) is 0 Å². The number of hydrogen-bond donors (Lipinski definition) is 3. The van der Waals surface area contributed by atoms with Gasteiger partial charge in [-0.05, 0) is 35.9 Å². The molecular formula is C27H31ClFN7O3. The number of nitrogens with zero attached hydrogens (tertiary/aromatic N) is 5. The number of benzene rings is 2. The zero-order valence-electron chi connectivity index (χ0n) is 21.7. The first-order valence-corrected chi connectivity index (χ1v) is 13.2. The quantitative estimate of drug-likeness (QED) is 0.379. The van der Waals surface area contributed by atoms with Crippen LogP contribution in [0.3, 0.4) is 0 Å². The third kappa shape index (κ3) is 6.56. The summed E-state index contributed by atoms with van der Waals surface area (Å²) in [6.45, 7) is 7.01. The summed E-state index contributed by atoms with van der Waals surface area (Å²) in [6.07, 6.45) is 1.04. The highest BCUT2D eigenvalue weighted by atomic mass is 35.5. The number of aromatic hydroxyl groups is 1. The monoisotopic (exact) mass is 555 g/mol. The normalized spacial score (nSPS) is 16.7. The Morgan fingerprint density at radius 3 is 2.51 bits per heavy atom. The molecule has 2 saturated heterocycles. The molecule has 3 heterocycles. The Labute approximate surface area is 231 Å². The number of hydrogen-bond acceptors (Lipinski definition) is 9. The van der Waals surface area contributed by atoms with Crippen molar-refractivity contribution in [2.45, 2.75) is 6.54 Å². The van der Waals surface area contributed by atoms with E-state index in [0.717, 1.165) is 44.5 Å². The van der Waals surface area contributed by atoms with E-state index < -0.39 is 11.7 Å². The topological polar surface area (TPSA) is 106 Å². The molecule has 12 heteroatoms. The van der Waals surface area contributed by atoms with Crippen molar-refractivity contribution in [2.75, 3.05) is 69.9 Å². The summed E-state index contributed by atoms with van der Waals surface area (Å²) in [5, 5.41) is 10.6. The number of amides is 1. The minimum atomic E-state index is -0.649. The Morgan fingerprint density at radius 2 is 1.79 bits per heavy atom. The molecule has 0 aliphatic carbocycles. The number of likely N-dealkylation sites (N-methyl/N-ethyl adjacent to an activating group) is 1. The number of hydrazine groups is 1. The van der Waals surface area contributed by atoms with Crippen LogP contribution in [0.4, 0.5) is 16.2 Å². The van der Waals surface area contributed by atoms with Crippen LogP contribution >= 0.6 is 11.6 Å². The lowest BCUT2D eigenvalue weighted by atomic mass is 10.0. The van der Waals surface area contributed by atoms with Gasteiger partial charge >= 0.3 is 0 Å². The molecule has 1 aromatic heterocycles. The van der Waals surface area contributed by atoms with Gasteiger partial charge in [0.1, 0.15) is 5.75 Å². The third-order valence-electron chi connectivity index (χ3n) is 6.92. The van der Waals surface area contributed by atoms with Crippen molar-refractivity contribution in [3.05, 3.63) is 64.6 Å². The van der Waals surface area contributed by atoms with Crippen LogP contribution in [0.25, 0.3) is 11.1 Å². The lowest BCUT2D eigenvalue weighted by Gasteiger charge is -2.32. The van der Waals surface area contributed by atoms with E-state index in [1.54, 1.807) is 17.0 Å². The van der Waals surface area contributed by atoms with Gasteiger partial charge in [-0.15, -0.1) is 0 Å². The average Bonchev–Trinajstić information content (AvgIpc) is 2.96. The number of halogens is 2. The minimum absolute atomic E-state index is 0.00363. The second-order valence-electron chi connectivity index (χ2n) is 9.67. The summed E-state index contributed by atoms with van der Waals surface area (Å²) in [7, 11) is 2.14. The summed E-state index contributed by atoms with van der Waals surface area (Å²) >= 11 is 6.28. The maximum absolute atomic E-state index is 14.3. The second-order valence-corrected chi connectivity index (χ2v) is 10.1. The highest BCUT2D eigenvalue weighted by Gasteiger charge is 2.20. The van der Waals surface area contributed by atoms with Crippen LogP contribution in [-0.4, -0.2) is 90.3 Å². The number of piperazine rings is 1. The number of morpholine rings is 1. The van der Waals surface area contributed by atoms with E-state index in [2.05, 4.69) is 49.8 Å². The first kappa shape index (κ1) is 27.1. The Bertz CT molecular complexity index is 1310. The molecule has 1 amide bonds. The van der Waals surface area contributed by atoms with Gasteiger partial charge in [0, 0.05) is 45.8 Å². The minimum Gasteiger partial charge on any atom is -0.506 e. The van der Waals surface area contributed by atoms with Crippen LogP contribution in [0.15, 0.2) is 42.6 Å². The van der Waals surface area contributed by atoms with E-state index in [9.17, 15) is 14.3 Å². The maximum Gasteiger partial charge on any atom is 0.273 e. The van der Waals surface area contributed by atoms with Gasteiger partial charge < -0.3 is 19.6 Å². The van der Waals surface area contributed by atoms with Crippen molar-refractivity contribution < 1.29 is 19.0 Å². The molecular weight excluding hydrogens is 525 g/mol. The molecule has 0 saturated carbocycles. The molecule has 39 heavy (non-hydrogen) atoms. The Balaban J connectivity index is 1.27. The van der Waals surface area contributed by atoms with Crippen LogP contribution in [0, 0.1) is 5.82 Å². The van der Waals surface area contributed by atoms with Crippen molar-refractivity contribution >= 4 is 29.3 Å². The van der Waals surface area contributed by atoms with Gasteiger partial charge in [-0.1, -0.05) is 35.9 Å². The molecule has 0 spiro atoms. The van der Waals surface area contributed by atoms with Crippen molar-refractivity contribution in [2.24, 2.45) is 0 Å². The number of phenolic OH excluding ortho intramolecular Hbond substituents is 1. The Hall–Kier alpha value is -3.51. The Kier molecular flexibility index (Phi) is 8.41. The molecule has 5 rings (SSSR count). The predicted molar refractivity (Wildman–Crippen MR) is 147 cm³/mol.